The van der Waals surface area contributed by atoms with E-state index in [4.69, 9.17) is 9.47 Å². The van der Waals surface area contributed by atoms with Crippen LogP contribution < -0.4 is 0 Å². The van der Waals surface area contributed by atoms with E-state index in [1.807, 2.05) is 6.92 Å². The topological polar surface area (TPSA) is 42.0 Å². The van der Waals surface area contributed by atoms with Gasteiger partial charge in [0.15, 0.2) is 0 Å². The van der Waals surface area contributed by atoms with Gasteiger partial charge in [0, 0.05) is 32.7 Å². The smallest absolute Gasteiger partial charge is 0.409 e. The number of hydrogen-bond donors (Lipinski definition) is 0. The average molecular weight is 258 g/mol. The first kappa shape index (κ1) is 15.2. The summed E-state index contributed by atoms with van der Waals surface area (Å²) in [5.74, 6) is 0. The average Bonchev–Trinajstić information content (AvgIpc) is 2.28. The molecule has 1 saturated heterocycles. The SMILES string of the molecule is CCOC(=O)N1CCN(CCOC(C)(C)C)CC1. The summed E-state index contributed by atoms with van der Waals surface area (Å²) in [7, 11) is 0. The lowest BCUT2D eigenvalue weighted by Gasteiger charge is -2.34. The predicted octanol–water partition coefficient (Wildman–Crippen LogP) is 1.58. The number of carbonyl (C=O) groups is 1. The summed E-state index contributed by atoms with van der Waals surface area (Å²) in [5.41, 5.74) is -0.0766. The molecule has 1 aliphatic heterocycles. The summed E-state index contributed by atoms with van der Waals surface area (Å²) in [4.78, 5) is 15.6. The molecule has 0 N–H and O–H groups in total. The van der Waals surface area contributed by atoms with Crippen molar-refractivity contribution in [2.24, 2.45) is 0 Å². The van der Waals surface area contributed by atoms with Crippen LogP contribution in [0, 0.1) is 0 Å². The minimum absolute atomic E-state index is 0.0766. The molecule has 0 spiro atoms. The number of piperazine rings is 1. The molecule has 1 rings (SSSR count). The zero-order valence-corrected chi connectivity index (χ0v) is 12.1. The van der Waals surface area contributed by atoms with Crippen LogP contribution in [0.4, 0.5) is 4.79 Å². The molecule has 5 heteroatoms. The summed E-state index contributed by atoms with van der Waals surface area (Å²) in [5, 5.41) is 0. The van der Waals surface area contributed by atoms with E-state index in [-0.39, 0.29) is 11.7 Å². The molecule has 0 aromatic rings. The van der Waals surface area contributed by atoms with Crippen molar-refractivity contribution in [2.45, 2.75) is 33.3 Å². The van der Waals surface area contributed by atoms with Crippen LogP contribution in [0.15, 0.2) is 0 Å². The molecule has 1 heterocycles. The monoisotopic (exact) mass is 258 g/mol. The van der Waals surface area contributed by atoms with Crippen molar-refractivity contribution in [1.29, 1.82) is 0 Å². The Morgan fingerprint density at radius 1 is 1.17 bits per heavy atom. The van der Waals surface area contributed by atoms with Gasteiger partial charge in [-0.15, -0.1) is 0 Å². The van der Waals surface area contributed by atoms with E-state index in [0.717, 1.165) is 39.3 Å². The van der Waals surface area contributed by atoms with Crippen molar-refractivity contribution < 1.29 is 14.3 Å². The number of nitrogens with zero attached hydrogens (tertiary/aromatic N) is 2. The second-order valence-corrected chi connectivity index (χ2v) is 5.49. The third-order valence-corrected chi connectivity index (χ3v) is 2.84. The standard InChI is InChI=1S/C13H26N2O3/c1-5-17-12(16)15-8-6-14(7-9-15)10-11-18-13(2,3)4/h5-11H2,1-4H3. The van der Waals surface area contributed by atoms with E-state index in [1.165, 1.54) is 0 Å². The van der Waals surface area contributed by atoms with Gasteiger partial charge in [-0.05, 0) is 27.7 Å². The highest BCUT2D eigenvalue weighted by molar-refractivity contribution is 5.67. The maximum absolute atomic E-state index is 11.5. The molecular formula is C13H26N2O3. The van der Waals surface area contributed by atoms with E-state index >= 15 is 0 Å². The summed E-state index contributed by atoms with van der Waals surface area (Å²) in [6.45, 7) is 13.4. The molecule has 0 aromatic carbocycles. The van der Waals surface area contributed by atoms with Crippen molar-refractivity contribution in [1.82, 2.24) is 9.80 Å². The molecular weight excluding hydrogens is 232 g/mol. The van der Waals surface area contributed by atoms with Crippen LogP contribution in [0.3, 0.4) is 0 Å². The van der Waals surface area contributed by atoms with E-state index in [2.05, 4.69) is 25.7 Å². The van der Waals surface area contributed by atoms with Crippen LogP contribution in [0.2, 0.25) is 0 Å². The van der Waals surface area contributed by atoms with Crippen LogP contribution in [-0.4, -0.2) is 67.4 Å². The van der Waals surface area contributed by atoms with Gasteiger partial charge in [0.1, 0.15) is 0 Å². The molecule has 0 saturated carbocycles. The fourth-order valence-electron chi connectivity index (χ4n) is 1.85. The van der Waals surface area contributed by atoms with Gasteiger partial charge in [0.2, 0.25) is 0 Å². The third-order valence-electron chi connectivity index (χ3n) is 2.84. The highest BCUT2D eigenvalue weighted by Gasteiger charge is 2.21. The first-order chi connectivity index (χ1) is 8.42. The molecule has 0 unspecified atom stereocenters. The first-order valence-corrected chi connectivity index (χ1v) is 6.70. The Hall–Kier alpha value is -0.810. The Balaban J connectivity index is 2.17. The second-order valence-electron chi connectivity index (χ2n) is 5.49. The molecule has 5 nitrogen and oxygen atoms in total. The van der Waals surface area contributed by atoms with Crippen LogP contribution in [0.5, 0.6) is 0 Å². The maximum atomic E-state index is 11.5. The second kappa shape index (κ2) is 6.95. The molecule has 0 radical (unpaired) electrons. The Morgan fingerprint density at radius 2 is 1.78 bits per heavy atom. The predicted molar refractivity (Wildman–Crippen MR) is 70.7 cm³/mol. The van der Waals surface area contributed by atoms with Crippen LogP contribution in [0.1, 0.15) is 27.7 Å². The van der Waals surface area contributed by atoms with Crippen molar-refractivity contribution in [3.8, 4) is 0 Å². The maximum Gasteiger partial charge on any atom is 0.409 e. The zero-order chi connectivity index (χ0) is 13.6. The van der Waals surface area contributed by atoms with Crippen molar-refractivity contribution >= 4 is 6.09 Å². The van der Waals surface area contributed by atoms with E-state index < -0.39 is 0 Å². The normalized spacial score (nSPS) is 17.9. The van der Waals surface area contributed by atoms with Gasteiger partial charge < -0.3 is 14.4 Å². The van der Waals surface area contributed by atoms with Gasteiger partial charge in [-0.3, -0.25) is 4.90 Å². The summed E-state index contributed by atoms with van der Waals surface area (Å²) >= 11 is 0. The van der Waals surface area contributed by atoms with Gasteiger partial charge in [-0.2, -0.15) is 0 Å². The quantitative estimate of drug-likeness (QED) is 0.767. The molecule has 1 amide bonds. The van der Waals surface area contributed by atoms with Gasteiger partial charge in [0.25, 0.3) is 0 Å². The lowest BCUT2D eigenvalue weighted by atomic mass is 10.2. The summed E-state index contributed by atoms with van der Waals surface area (Å²) < 4.78 is 10.7. The number of hydrogen-bond acceptors (Lipinski definition) is 4. The molecule has 1 aliphatic rings. The number of rotatable bonds is 4. The van der Waals surface area contributed by atoms with Crippen molar-refractivity contribution in [2.75, 3.05) is 45.9 Å². The van der Waals surface area contributed by atoms with E-state index in [0.29, 0.717) is 6.61 Å². The summed E-state index contributed by atoms with van der Waals surface area (Å²) in [6.07, 6.45) is -0.192. The van der Waals surface area contributed by atoms with Crippen LogP contribution in [-0.2, 0) is 9.47 Å². The molecule has 0 aromatic heterocycles. The number of amides is 1. The highest BCUT2D eigenvalue weighted by Crippen LogP contribution is 2.08. The molecule has 0 bridgehead atoms. The van der Waals surface area contributed by atoms with Gasteiger partial charge in [-0.25, -0.2) is 4.79 Å². The molecule has 1 fully saturated rings. The Bertz CT molecular complexity index is 255. The molecule has 0 aliphatic carbocycles. The number of carbonyl (C=O) groups excluding carboxylic acids is 1. The van der Waals surface area contributed by atoms with Crippen LogP contribution >= 0.6 is 0 Å². The largest absolute Gasteiger partial charge is 0.450 e. The van der Waals surface area contributed by atoms with Crippen LogP contribution in [0.25, 0.3) is 0 Å². The first-order valence-electron chi connectivity index (χ1n) is 6.70. The van der Waals surface area contributed by atoms with E-state index in [9.17, 15) is 4.79 Å². The molecule has 18 heavy (non-hydrogen) atoms. The van der Waals surface area contributed by atoms with E-state index in [1.54, 1.807) is 4.90 Å². The summed E-state index contributed by atoms with van der Waals surface area (Å²) in [6, 6.07) is 0. The minimum Gasteiger partial charge on any atom is -0.450 e. The van der Waals surface area contributed by atoms with Gasteiger partial charge in [-0.1, -0.05) is 0 Å². The highest BCUT2D eigenvalue weighted by atomic mass is 16.6. The molecule has 106 valence electrons. The zero-order valence-electron chi connectivity index (χ0n) is 12.1. The fourth-order valence-corrected chi connectivity index (χ4v) is 1.85. The Kier molecular flexibility index (Phi) is 5.88. The van der Waals surface area contributed by atoms with Crippen molar-refractivity contribution in [3.05, 3.63) is 0 Å². The lowest BCUT2D eigenvalue weighted by molar-refractivity contribution is -0.0175. The fraction of sp³-hybridized carbons (Fsp3) is 0.923. The Morgan fingerprint density at radius 3 is 2.28 bits per heavy atom. The number of ether oxygens (including phenoxy) is 2. The van der Waals surface area contributed by atoms with Crippen molar-refractivity contribution in [3.63, 3.8) is 0 Å². The van der Waals surface area contributed by atoms with Gasteiger partial charge >= 0.3 is 6.09 Å². The lowest BCUT2D eigenvalue weighted by Crippen LogP contribution is -2.49. The third kappa shape index (κ3) is 5.69. The Labute approximate surface area is 110 Å². The minimum atomic E-state index is -0.192. The van der Waals surface area contributed by atoms with Gasteiger partial charge in [0.05, 0.1) is 18.8 Å². The molecule has 0 atom stereocenters.